The van der Waals surface area contributed by atoms with Crippen LogP contribution in [0.2, 0.25) is 0 Å². The molecule has 1 heterocycles. The van der Waals surface area contributed by atoms with Crippen LogP contribution >= 0.6 is 0 Å². The predicted octanol–water partition coefficient (Wildman–Crippen LogP) is 1.29. The van der Waals surface area contributed by atoms with Crippen molar-refractivity contribution >= 4 is 5.91 Å². The van der Waals surface area contributed by atoms with Gasteiger partial charge < -0.3 is 10.4 Å². The van der Waals surface area contributed by atoms with Crippen LogP contribution in [0.15, 0.2) is 42.7 Å². The third-order valence-corrected chi connectivity index (χ3v) is 3.04. The predicted molar refractivity (Wildman–Crippen MR) is 76.4 cm³/mol. The number of nitrogens with zero attached hydrogens (tertiary/aromatic N) is 2. The van der Waals surface area contributed by atoms with Crippen LogP contribution in [0, 0.1) is 5.92 Å². The summed E-state index contributed by atoms with van der Waals surface area (Å²) in [6.45, 7) is 3.12. The number of carbonyl (C=O) groups excluding carboxylic acids is 1. The molecule has 0 radical (unpaired) electrons. The van der Waals surface area contributed by atoms with Crippen molar-refractivity contribution in [2.45, 2.75) is 13.5 Å². The summed E-state index contributed by atoms with van der Waals surface area (Å²) >= 11 is 0. The lowest BCUT2D eigenvalue weighted by Gasteiger charge is -2.10. The summed E-state index contributed by atoms with van der Waals surface area (Å²) in [6.07, 6.45) is 3.64. The Balaban J connectivity index is 1.92. The zero-order valence-corrected chi connectivity index (χ0v) is 11.5. The van der Waals surface area contributed by atoms with Gasteiger partial charge in [0.05, 0.1) is 6.54 Å². The second-order valence-electron chi connectivity index (χ2n) is 4.90. The van der Waals surface area contributed by atoms with Gasteiger partial charge in [-0.1, -0.05) is 19.1 Å². The van der Waals surface area contributed by atoms with Crippen LogP contribution in [0.4, 0.5) is 0 Å². The van der Waals surface area contributed by atoms with E-state index in [1.165, 1.54) is 0 Å². The van der Waals surface area contributed by atoms with E-state index >= 15 is 0 Å². The molecule has 0 saturated heterocycles. The van der Waals surface area contributed by atoms with Crippen LogP contribution in [0.25, 0.3) is 0 Å². The number of hydrogen-bond donors (Lipinski definition) is 2. The van der Waals surface area contributed by atoms with Crippen LogP contribution < -0.4 is 5.32 Å². The first-order valence-corrected chi connectivity index (χ1v) is 6.64. The Morgan fingerprint density at radius 1 is 1.40 bits per heavy atom. The fourth-order valence-corrected chi connectivity index (χ4v) is 1.78. The second kappa shape index (κ2) is 6.86. The van der Waals surface area contributed by atoms with E-state index in [2.05, 4.69) is 10.4 Å². The van der Waals surface area contributed by atoms with Crippen molar-refractivity contribution in [1.82, 2.24) is 15.1 Å². The molecular formula is C15H19N3O2. The maximum Gasteiger partial charge on any atom is 0.251 e. The Kier molecular flexibility index (Phi) is 4.90. The summed E-state index contributed by atoms with van der Waals surface area (Å²) in [7, 11) is 0. The molecule has 2 N–H and O–H groups in total. The third-order valence-electron chi connectivity index (χ3n) is 3.04. The van der Waals surface area contributed by atoms with Gasteiger partial charge in [0, 0.05) is 31.1 Å². The third kappa shape index (κ3) is 3.93. The molecule has 1 amide bonds. The van der Waals surface area contributed by atoms with Gasteiger partial charge in [0.25, 0.3) is 5.91 Å². The number of aromatic nitrogens is 2. The minimum absolute atomic E-state index is 0.0676. The average molecular weight is 273 g/mol. The van der Waals surface area contributed by atoms with Crippen LogP contribution in [-0.4, -0.2) is 33.9 Å². The Bertz CT molecular complexity index is 535. The number of benzene rings is 1. The molecule has 0 aliphatic rings. The van der Waals surface area contributed by atoms with Gasteiger partial charge in [-0.15, -0.1) is 0 Å². The van der Waals surface area contributed by atoms with E-state index < -0.39 is 0 Å². The quantitative estimate of drug-likeness (QED) is 0.833. The summed E-state index contributed by atoms with van der Waals surface area (Å²) in [6, 6.07) is 9.33. The molecular weight excluding hydrogens is 254 g/mol. The molecule has 106 valence electrons. The van der Waals surface area contributed by atoms with Gasteiger partial charge in [-0.05, 0) is 29.7 Å². The molecule has 1 unspecified atom stereocenters. The van der Waals surface area contributed by atoms with Crippen LogP contribution in [-0.2, 0) is 6.54 Å². The van der Waals surface area contributed by atoms with E-state index in [0.29, 0.717) is 18.7 Å². The molecule has 0 fully saturated rings. The van der Waals surface area contributed by atoms with Gasteiger partial charge in [0.2, 0.25) is 0 Å². The lowest BCUT2D eigenvalue weighted by atomic mass is 10.1. The monoisotopic (exact) mass is 273 g/mol. The van der Waals surface area contributed by atoms with Crippen molar-refractivity contribution in [3.63, 3.8) is 0 Å². The van der Waals surface area contributed by atoms with Crippen molar-refractivity contribution in [2.75, 3.05) is 13.2 Å². The first kappa shape index (κ1) is 14.3. The highest BCUT2D eigenvalue weighted by Gasteiger charge is 2.07. The first-order chi connectivity index (χ1) is 9.69. The van der Waals surface area contributed by atoms with E-state index in [4.69, 9.17) is 5.11 Å². The van der Waals surface area contributed by atoms with Gasteiger partial charge in [-0.2, -0.15) is 5.10 Å². The highest BCUT2D eigenvalue weighted by molar-refractivity contribution is 5.94. The largest absolute Gasteiger partial charge is 0.396 e. The summed E-state index contributed by atoms with van der Waals surface area (Å²) in [4.78, 5) is 11.9. The number of rotatable bonds is 6. The normalized spacial score (nSPS) is 12.1. The molecule has 20 heavy (non-hydrogen) atoms. The Morgan fingerprint density at radius 2 is 2.15 bits per heavy atom. The Morgan fingerprint density at radius 3 is 2.75 bits per heavy atom. The van der Waals surface area contributed by atoms with Crippen molar-refractivity contribution < 1.29 is 9.90 Å². The average Bonchev–Trinajstić information content (AvgIpc) is 2.98. The van der Waals surface area contributed by atoms with Gasteiger partial charge in [0.1, 0.15) is 0 Å². The molecule has 0 bridgehead atoms. The minimum Gasteiger partial charge on any atom is -0.396 e. The lowest BCUT2D eigenvalue weighted by molar-refractivity contribution is 0.0942. The SMILES string of the molecule is CC(CO)CNC(=O)c1ccc(Cn2cccn2)cc1. The van der Waals surface area contributed by atoms with Crippen molar-refractivity contribution in [3.05, 3.63) is 53.9 Å². The highest BCUT2D eigenvalue weighted by Crippen LogP contribution is 2.06. The summed E-state index contributed by atoms with van der Waals surface area (Å²) in [5, 5.41) is 15.9. The van der Waals surface area contributed by atoms with E-state index in [1.54, 1.807) is 18.3 Å². The molecule has 0 saturated carbocycles. The molecule has 0 aliphatic heterocycles. The molecule has 5 heteroatoms. The van der Waals surface area contributed by atoms with Crippen LogP contribution in [0.1, 0.15) is 22.8 Å². The second-order valence-corrected chi connectivity index (χ2v) is 4.90. The number of aliphatic hydroxyl groups is 1. The molecule has 0 spiro atoms. The van der Waals surface area contributed by atoms with E-state index in [9.17, 15) is 4.79 Å². The van der Waals surface area contributed by atoms with Gasteiger partial charge >= 0.3 is 0 Å². The highest BCUT2D eigenvalue weighted by atomic mass is 16.3. The standard InChI is InChI=1S/C15H19N3O2/c1-12(11-19)9-16-15(20)14-5-3-13(4-6-14)10-18-8-2-7-17-18/h2-8,12,19H,9-11H2,1H3,(H,16,20). The zero-order valence-electron chi connectivity index (χ0n) is 11.5. The van der Waals surface area contributed by atoms with Crippen molar-refractivity contribution in [2.24, 2.45) is 5.92 Å². The number of nitrogens with one attached hydrogen (secondary N) is 1. The van der Waals surface area contributed by atoms with Crippen molar-refractivity contribution in [1.29, 1.82) is 0 Å². The zero-order chi connectivity index (χ0) is 14.4. The molecule has 1 aromatic heterocycles. The van der Waals surface area contributed by atoms with Crippen LogP contribution in [0.3, 0.4) is 0 Å². The summed E-state index contributed by atoms with van der Waals surface area (Å²) < 4.78 is 1.83. The Hall–Kier alpha value is -2.14. The van der Waals surface area contributed by atoms with Gasteiger partial charge in [-0.3, -0.25) is 9.48 Å². The minimum atomic E-state index is -0.115. The van der Waals surface area contributed by atoms with E-state index in [0.717, 1.165) is 5.56 Å². The molecule has 2 aromatic rings. The fourth-order valence-electron chi connectivity index (χ4n) is 1.78. The summed E-state index contributed by atoms with van der Waals surface area (Å²) in [5.41, 5.74) is 1.72. The summed E-state index contributed by atoms with van der Waals surface area (Å²) in [5.74, 6) is -0.0472. The molecule has 5 nitrogen and oxygen atoms in total. The lowest BCUT2D eigenvalue weighted by Crippen LogP contribution is -2.29. The topological polar surface area (TPSA) is 67.2 Å². The van der Waals surface area contributed by atoms with Crippen LogP contribution in [0.5, 0.6) is 0 Å². The number of hydrogen-bond acceptors (Lipinski definition) is 3. The van der Waals surface area contributed by atoms with E-state index in [1.807, 2.05) is 36.0 Å². The van der Waals surface area contributed by atoms with Gasteiger partial charge in [0.15, 0.2) is 0 Å². The number of carbonyl (C=O) groups is 1. The fraction of sp³-hybridized carbons (Fsp3) is 0.333. The van der Waals surface area contributed by atoms with Gasteiger partial charge in [-0.25, -0.2) is 0 Å². The maximum atomic E-state index is 11.9. The molecule has 0 aliphatic carbocycles. The molecule has 1 atom stereocenters. The maximum absolute atomic E-state index is 11.9. The smallest absolute Gasteiger partial charge is 0.251 e. The van der Waals surface area contributed by atoms with E-state index in [-0.39, 0.29) is 18.4 Å². The number of aliphatic hydroxyl groups excluding tert-OH is 1. The van der Waals surface area contributed by atoms with Crippen molar-refractivity contribution in [3.8, 4) is 0 Å². The molecule has 1 aromatic carbocycles. The first-order valence-electron chi connectivity index (χ1n) is 6.64. The molecule has 2 rings (SSSR count). The number of amides is 1. The Labute approximate surface area is 118 Å².